The third-order valence-electron chi connectivity index (χ3n) is 2.92. The van der Waals surface area contributed by atoms with Crippen molar-refractivity contribution in [2.75, 3.05) is 6.54 Å². The number of hydrogen-bond acceptors (Lipinski definition) is 3. The lowest BCUT2D eigenvalue weighted by atomic mass is 10.2. The van der Waals surface area contributed by atoms with E-state index in [0.717, 1.165) is 13.0 Å². The van der Waals surface area contributed by atoms with Crippen LogP contribution in [0.1, 0.15) is 36.1 Å². The Morgan fingerprint density at radius 1 is 1.62 bits per heavy atom. The molecule has 2 N–H and O–H groups in total. The predicted molar refractivity (Wildman–Crippen MR) is 66.7 cm³/mol. The van der Waals surface area contributed by atoms with Gasteiger partial charge in [-0.15, -0.1) is 11.3 Å². The molecular weight excluding hydrogens is 220 g/mol. The molecule has 0 aromatic carbocycles. The molecule has 2 rings (SSSR count). The van der Waals surface area contributed by atoms with Gasteiger partial charge in [0, 0.05) is 34.8 Å². The van der Waals surface area contributed by atoms with E-state index in [1.165, 1.54) is 9.75 Å². The van der Waals surface area contributed by atoms with Crippen LogP contribution in [-0.4, -0.2) is 18.5 Å². The van der Waals surface area contributed by atoms with Gasteiger partial charge in [-0.25, -0.2) is 0 Å². The SMILES string of the molecule is CCc1ccc(C(C)NC2CNC(=O)C2)s1. The van der Waals surface area contributed by atoms with Gasteiger partial charge in [-0.05, 0) is 25.5 Å². The molecular formula is C12H18N2OS. The van der Waals surface area contributed by atoms with Gasteiger partial charge in [-0.2, -0.15) is 0 Å². The molecule has 2 unspecified atom stereocenters. The van der Waals surface area contributed by atoms with Crippen molar-refractivity contribution in [1.82, 2.24) is 10.6 Å². The number of thiophene rings is 1. The maximum absolute atomic E-state index is 11.1. The number of aryl methyl sites for hydroxylation is 1. The Kier molecular flexibility index (Phi) is 3.61. The summed E-state index contributed by atoms with van der Waals surface area (Å²) in [4.78, 5) is 13.9. The third kappa shape index (κ3) is 2.62. The molecule has 0 spiro atoms. The Bertz CT molecular complexity index is 375. The summed E-state index contributed by atoms with van der Waals surface area (Å²) in [6, 6.07) is 5.00. The van der Waals surface area contributed by atoms with Crippen LogP contribution in [0, 0.1) is 0 Å². The largest absolute Gasteiger partial charge is 0.354 e. The van der Waals surface area contributed by atoms with Crippen molar-refractivity contribution in [2.45, 2.75) is 38.8 Å². The van der Waals surface area contributed by atoms with Crippen LogP contribution in [-0.2, 0) is 11.2 Å². The summed E-state index contributed by atoms with van der Waals surface area (Å²) in [6.07, 6.45) is 1.71. The van der Waals surface area contributed by atoms with Gasteiger partial charge in [-0.3, -0.25) is 4.79 Å². The highest BCUT2D eigenvalue weighted by atomic mass is 32.1. The van der Waals surface area contributed by atoms with Crippen molar-refractivity contribution in [3.8, 4) is 0 Å². The number of hydrogen-bond donors (Lipinski definition) is 2. The zero-order chi connectivity index (χ0) is 11.5. The zero-order valence-electron chi connectivity index (χ0n) is 9.75. The number of carbonyl (C=O) groups is 1. The summed E-state index contributed by atoms with van der Waals surface area (Å²) < 4.78 is 0. The Hall–Kier alpha value is -0.870. The Balaban J connectivity index is 1.92. The second-order valence-corrected chi connectivity index (χ2v) is 5.45. The van der Waals surface area contributed by atoms with Gasteiger partial charge in [0.05, 0.1) is 0 Å². The minimum Gasteiger partial charge on any atom is -0.354 e. The van der Waals surface area contributed by atoms with E-state index in [1.54, 1.807) is 0 Å². The molecule has 1 saturated heterocycles. The lowest BCUT2D eigenvalue weighted by Gasteiger charge is -2.16. The Morgan fingerprint density at radius 2 is 2.44 bits per heavy atom. The predicted octanol–water partition coefficient (Wildman–Crippen LogP) is 1.85. The molecule has 88 valence electrons. The minimum atomic E-state index is 0.158. The average molecular weight is 238 g/mol. The van der Waals surface area contributed by atoms with Crippen LogP contribution in [0.25, 0.3) is 0 Å². The highest BCUT2D eigenvalue weighted by Crippen LogP contribution is 2.24. The highest BCUT2D eigenvalue weighted by Gasteiger charge is 2.23. The van der Waals surface area contributed by atoms with E-state index in [0.29, 0.717) is 12.5 Å². The number of nitrogens with one attached hydrogen (secondary N) is 2. The first kappa shape index (κ1) is 11.6. The van der Waals surface area contributed by atoms with E-state index >= 15 is 0 Å². The van der Waals surface area contributed by atoms with E-state index in [4.69, 9.17) is 0 Å². The molecule has 0 saturated carbocycles. The maximum atomic E-state index is 11.1. The molecule has 0 bridgehead atoms. The molecule has 0 radical (unpaired) electrons. The van der Waals surface area contributed by atoms with Crippen LogP contribution in [0.3, 0.4) is 0 Å². The lowest BCUT2D eigenvalue weighted by molar-refractivity contribution is -0.119. The standard InChI is InChI=1S/C12H18N2OS/c1-3-10-4-5-11(16-10)8(2)14-9-6-12(15)13-7-9/h4-5,8-9,14H,3,6-7H2,1-2H3,(H,13,15). The van der Waals surface area contributed by atoms with Crippen molar-refractivity contribution in [1.29, 1.82) is 0 Å². The van der Waals surface area contributed by atoms with Gasteiger partial charge >= 0.3 is 0 Å². The van der Waals surface area contributed by atoms with Crippen LogP contribution >= 0.6 is 11.3 Å². The van der Waals surface area contributed by atoms with Crippen molar-refractivity contribution < 1.29 is 4.79 Å². The normalized spacial score (nSPS) is 22.1. The quantitative estimate of drug-likeness (QED) is 0.840. The number of amides is 1. The van der Waals surface area contributed by atoms with Crippen molar-refractivity contribution in [2.24, 2.45) is 0 Å². The molecule has 4 heteroatoms. The Morgan fingerprint density at radius 3 is 3.00 bits per heavy atom. The van der Waals surface area contributed by atoms with Crippen LogP contribution in [0.15, 0.2) is 12.1 Å². The summed E-state index contributed by atoms with van der Waals surface area (Å²) in [5.41, 5.74) is 0. The third-order valence-corrected chi connectivity index (χ3v) is 4.33. The molecule has 1 aromatic rings. The van der Waals surface area contributed by atoms with Crippen molar-refractivity contribution >= 4 is 17.2 Å². The molecule has 2 atom stereocenters. The van der Waals surface area contributed by atoms with E-state index in [-0.39, 0.29) is 11.9 Å². The fourth-order valence-corrected chi connectivity index (χ4v) is 2.94. The minimum absolute atomic E-state index is 0.158. The Labute approximate surface area is 100 Å². The fourth-order valence-electron chi connectivity index (χ4n) is 1.98. The van der Waals surface area contributed by atoms with E-state index in [2.05, 4.69) is 36.6 Å². The van der Waals surface area contributed by atoms with Crippen LogP contribution in [0.5, 0.6) is 0 Å². The second-order valence-electron chi connectivity index (χ2n) is 4.25. The molecule has 1 aromatic heterocycles. The van der Waals surface area contributed by atoms with Gasteiger partial charge in [0.15, 0.2) is 0 Å². The van der Waals surface area contributed by atoms with Crippen LogP contribution in [0.2, 0.25) is 0 Å². The zero-order valence-corrected chi connectivity index (χ0v) is 10.6. The molecule has 3 nitrogen and oxygen atoms in total. The molecule has 1 fully saturated rings. The van der Waals surface area contributed by atoms with Crippen LogP contribution < -0.4 is 10.6 Å². The molecule has 1 amide bonds. The number of carbonyl (C=O) groups excluding carboxylic acids is 1. The van der Waals surface area contributed by atoms with E-state index in [1.807, 2.05) is 11.3 Å². The van der Waals surface area contributed by atoms with E-state index in [9.17, 15) is 4.79 Å². The van der Waals surface area contributed by atoms with Gasteiger partial charge in [-0.1, -0.05) is 6.92 Å². The first-order valence-corrected chi connectivity index (χ1v) is 6.62. The van der Waals surface area contributed by atoms with Gasteiger partial charge in [0.1, 0.15) is 0 Å². The summed E-state index contributed by atoms with van der Waals surface area (Å²) in [7, 11) is 0. The summed E-state index contributed by atoms with van der Waals surface area (Å²) in [5.74, 6) is 0.158. The topological polar surface area (TPSA) is 41.1 Å². The maximum Gasteiger partial charge on any atom is 0.221 e. The van der Waals surface area contributed by atoms with Crippen molar-refractivity contribution in [3.05, 3.63) is 21.9 Å². The number of rotatable bonds is 4. The first-order valence-electron chi connectivity index (χ1n) is 5.80. The average Bonchev–Trinajstić information content (AvgIpc) is 2.87. The van der Waals surface area contributed by atoms with Gasteiger partial charge < -0.3 is 10.6 Å². The smallest absolute Gasteiger partial charge is 0.221 e. The van der Waals surface area contributed by atoms with Gasteiger partial charge in [0.25, 0.3) is 0 Å². The summed E-state index contributed by atoms with van der Waals surface area (Å²) in [6.45, 7) is 5.09. The molecule has 16 heavy (non-hydrogen) atoms. The van der Waals surface area contributed by atoms with Gasteiger partial charge in [0.2, 0.25) is 5.91 Å². The lowest BCUT2D eigenvalue weighted by Crippen LogP contribution is -2.32. The van der Waals surface area contributed by atoms with Crippen LogP contribution in [0.4, 0.5) is 0 Å². The first-order chi connectivity index (χ1) is 7.69. The van der Waals surface area contributed by atoms with Crippen molar-refractivity contribution in [3.63, 3.8) is 0 Å². The van der Waals surface area contributed by atoms with E-state index < -0.39 is 0 Å². The fraction of sp³-hybridized carbons (Fsp3) is 0.583. The summed E-state index contributed by atoms with van der Waals surface area (Å²) >= 11 is 1.86. The summed E-state index contributed by atoms with van der Waals surface area (Å²) in [5, 5.41) is 6.33. The molecule has 2 heterocycles. The monoisotopic (exact) mass is 238 g/mol. The molecule has 0 aliphatic carbocycles. The highest BCUT2D eigenvalue weighted by molar-refractivity contribution is 7.12. The molecule has 1 aliphatic rings. The molecule has 1 aliphatic heterocycles. The second kappa shape index (κ2) is 4.97.